The quantitative estimate of drug-likeness (QED) is 0.861. The molecule has 2 bridgehead atoms. The number of nitrogens with zero attached hydrogens (tertiary/aromatic N) is 1. The third-order valence-corrected chi connectivity index (χ3v) is 7.94. The molecule has 1 spiro atoms. The Labute approximate surface area is 153 Å². The number of aliphatic hydroxyl groups excluding tert-OH is 1. The molecular weight excluding hydrogens is 330 g/mol. The molecule has 5 nitrogen and oxygen atoms in total. The van der Waals surface area contributed by atoms with E-state index in [2.05, 4.69) is 11.0 Å². The Bertz CT molecular complexity index is 778. The maximum absolute atomic E-state index is 12.1. The molecule has 5 heteroatoms. The predicted molar refractivity (Wildman–Crippen MR) is 95.7 cm³/mol. The smallest absolute Gasteiger partial charge is 0.166 e. The predicted octanol–water partition coefficient (Wildman–Crippen LogP) is 1.62. The van der Waals surface area contributed by atoms with Gasteiger partial charge in [-0.3, -0.25) is 4.90 Å². The molecule has 5 atom stereocenters. The monoisotopic (exact) mass is 357 g/mol. The van der Waals surface area contributed by atoms with E-state index in [0.29, 0.717) is 12.8 Å². The summed E-state index contributed by atoms with van der Waals surface area (Å²) >= 11 is 0. The Morgan fingerprint density at radius 3 is 2.88 bits per heavy atom. The molecule has 1 saturated heterocycles. The molecule has 2 aliphatic heterocycles. The maximum Gasteiger partial charge on any atom is 0.166 e. The second kappa shape index (κ2) is 4.94. The lowest BCUT2D eigenvalue weighted by molar-refractivity contribution is -0.208. The van der Waals surface area contributed by atoms with E-state index in [1.54, 1.807) is 7.11 Å². The van der Waals surface area contributed by atoms with Crippen LogP contribution in [0.2, 0.25) is 0 Å². The van der Waals surface area contributed by atoms with Crippen molar-refractivity contribution in [3.63, 3.8) is 0 Å². The summed E-state index contributed by atoms with van der Waals surface area (Å²) < 4.78 is 11.9. The molecule has 6 rings (SSSR count). The third-order valence-electron chi connectivity index (χ3n) is 7.94. The molecule has 140 valence electrons. The van der Waals surface area contributed by atoms with E-state index < -0.39 is 17.1 Å². The lowest BCUT2D eigenvalue weighted by Crippen LogP contribution is -2.77. The first-order valence-electron chi connectivity index (χ1n) is 10.1. The van der Waals surface area contributed by atoms with E-state index in [4.69, 9.17) is 9.47 Å². The van der Waals surface area contributed by atoms with E-state index >= 15 is 0 Å². The first-order chi connectivity index (χ1) is 12.6. The van der Waals surface area contributed by atoms with Gasteiger partial charge in [0.1, 0.15) is 6.10 Å². The Kier molecular flexibility index (Phi) is 2.99. The highest BCUT2D eigenvalue weighted by Gasteiger charge is 2.72. The molecule has 3 fully saturated rings. The number of rotatable bonds is 3. The fourth-order valence-electron chi connectivity index (χ4n) is 6.61. The Morgan fingerprint density at radius 2 is 2.12 bits per heavy atom. The largest absolute Gasteiger partial charge is 0.493 e. The van der Waals surface area contributed by atoms with Gasteiger partial charge < -0.3 is 19.7 Å². The van der Waals surface area contributed by atoms with E-state index in [9.17, 15) is 10.2 Å². The standard InChI is InChI=1S/C21H27NO4/c1-25-15-5-4-13-10-16-21(24)7-6-14(23)19-20(21,17(13)18(15)26-19)8-9-22(16)11-12-2-3-12/h4-5,12,14,16,19,23-24H,2-3,6-11H2,1H3/t14?,16-,19+,20?,21-/m1/s1. The summed E-state index contributed by atoms with van der Waals surface area (Å²) in [4.78, 5) is 2.54. The van der Waals surface area contributed by atoms with Crippen LogP contribution in [0.4, 0.5) is 0 Å². The highest BCUT2D eigenvalue weighted by atomic mass is 16.5. The molecule has 5 aliphatic rings. The van der Waals surface area contributed by atoms with Crippen LogP contribution < -0.4 is 9.47 Å². The molecule has 0 radical (unpaired) electrons. The summed E-state index contributed by atoms with van der Waals surface area (Å²) in [5.41, 5.74) is 1.08. The van der Waals surface area contributed by atoms with Gasteiger partial charge in [-0.1, -0.05) is 6.07 Å². The topological polar surface area (TPSA) is 62.2 Å². The zero-order valence-electron chi connectivity index (χ0n) is 15.3. The van der Waals surface area contributed by atoms with Crippen LogP contribution in [0.15, 0.2) is 12.1 Å². The van der Waals surface area contributed by atoms with Gasteiger partial charge in [0.25, 0.3) is 0 Å². The minimum absolute atomic E-state index is 0.127. The minimum atomic E-state index is -0.825. The van der Waals surface area contributed by atoms with Gasteiger partial charge in [0.15, 0.2) is 11.5 Å². The van der Waals surface area contributed by atoms with E-state index in [-0.39, 0.29) is 12.1 Å². The van der Waals surface area contributed by atoms with Crippen LogP contribution in [-0.2, 0) is 11.8 Å². The highest BCUT2D eigenvalue weighted by molar-refractivity contribution is 5.62. The van der Waals surface area contributed by atoms with Crippen LogP contribution in [0, 0.1) is 5.92 Å². The number of aliphatic hydroxyl groups is 2. The van der Waals surface area contributed by atoms with Crippen molar-refractivity contribution in [1.29, 1.82) is 0 Å². The average molecular weight is 357 g/mol. The van der Waals surface area contributed by atoms with E-state index in [0.717, 1.165) is 48.9 Å². The second-order valence-corrected chi connectivity index (χ2v) is 9.08. The number of benzene rings is 1. The highest BCUT2D eigenvalue weighted by Crippen LogP contribution is 2.65. The van der Waals surface area contributed by atoms with Crippen molar-refractivity contribution in [1.82, 2.24) is 4.90 Å². The van der Waals surface area contributed by atoms with Crippen molar-refractivity contribution in [3.8, 4) is 11.5 Å². The number of hydrogen-bond donors (Lipinski definition) is 2. The van der Waals surface area contributed by atoms with Crippen molar-refractivity contribution in [2.45, 2.75) is 67.8 Å². The van der Waals surface area contributed by atoms with Crippen molar-refractivity contribution < 1.29 is 19.7 Å². The number of hydrogen-bond acceptors (Lipinski definition) is 5. The maximum atomic E-state index is 12.1. The number of ether oxygens (including phenoxy) is 2. The van der Waals surface area contributed by atoms with Gasteiger partial charge >= 0.3 is 0 Å². The van der Waals surface area contributed by atoms with Crippen molar-refractivity contribution in [2.24, 2.45) is 5.92 Å². The molecule has 2 N–H and O–H groups in total. The molecule has 2 unspecified atom stereocenters. The van der Waals surface area contributed by atoms with Gasteiger partial charge in [0.2, 0.25) is 0 Å². The zero-order chi connectivity index (χ0) is 17.7. The summed E-state index contributed by atoms with van der Waals surface area (Å²) in [5, 5.41) is 22.9. The van der Waals surface area contributed by atoms with Crippen molar-refractivity contribution >= 4 is 0 Å². The van der Waals surface area contributed by atoms with Gasteiger partial charge in [-0.25, -0.2) is 0 Å². The Hall–Kier alpha value is -1.30. The van der Waals surface area contributed by atoms with Crippen LogP contribution in [0.3, 0.4) is 0 Å². The van der Waals surface area contributed by atoms with Gasteiger partial charge in [-0.05, 0) is 62.6 Å². The first kappa shape index (κ1) is 15.7. The molecule has 1 aromatic rings. The SMILES string of the molecule is COc1ccc2c3c1O[C@H]1C(O)CC[C@@]4(O)[C@@H](C2)N(CC2CC2)CCC314. The number of methoxy groups -OCH3 is 1. The molecule has 0 aromatic heterocycles. The normalized spacial score (nSPS) is 43.0. The third kappa shape index (κ3) is 1.68. The number of piperidine rings is 1. The summed E-state index contributed by atoms with van der Waals surface area (Å²) in [6, 6.07) is 4.27. The Morgan fingerprint density at radius 1 is 1.27 bits per heavy atom. The van der Waals surface area contributed by atoms with Crippen LogP contribution in [0.25, 0.3) is 0 Å². The van der Waals surface area contributed by atoms with Crippen LogP contribution >= 0.6 is 0 Å². The summed E-state index contributed by atoms with van der Waals surface area (Å²) in [5.74, 6) is 2.30. The lowest BCUT2D eigenvalue weighted by Gasteiger charge is -2.63. The molecule has 2 heterocycles. The first-order valence-corrected chi connectivity index (χ1v) is 10.1. The minimum Gasteiger partial charge on any atom is -0.493 e. The van der Waals surface area contributed by atoms with Crippen molar-refractivity contribution in [2.75, 3.05) is 20.2 Å². The zero-order valence-corrected chi connectivity index (χ0v) is 15.3. The summed E-state index contributed by atoms with van der Waals surface area (Å²) in [6.45, 7) is 2.08. The number of likely N-dealkylation sites (tertiary alicyclic amines) is 1. The summed E-state index contributed by atoms with van der Waals surface area (Å²) in [6.07, 6.45) is 4.72. The molecule has 2 saturated carbocycles. The van der Waals surface area contributed by atoms with E-state index in [1.165, 1.54) is 18.4 Å². The van der Waals surface area contributed by atoms with Gasteiger partial charge in [-0.15, -0.1) is 0 Å². The molecule has 26 heavy (non-hydrogen) atoms. The summed E-state index contributed by atoms with van der Waals surface area (Å²) in [7, 11) is 1.66. The van der Waals surface area contributed by atoms with Gasteiger partial charge in [0, 0.05) is 18.2 Å². The van der Waals surface area contributed by atoms with Gasteiger partial charge in [0.05, 0.1) is 24.2 Å². The van der Waals surface area contributed by atoms with Crippen LogP contribution in [0.1, 0.15) is 43.2 Å². The van der Waals surface area contributed by atoms with E-state index in [1.807, 2.05) is 6.07 Å². The molecular formula is C21H27NO4. The molecule has 1 aromatic carbocycles. The second-order valence-electron chi connectivity index (χ2n) is 9.08. The van der Waals surface area contributed by atoms with Crippen molar-refractivity contribution in [3.05, 3.63) is 23.3 Å². The van der Waals surface area contributed by atoms with Crippen LogP contribution in [0.5, 0.6) is 11.5 Å². The van der Waals surface area contributed by atoms with Gasteiger partial charge in [-0.2, -0.15) is 0 Å². The fraction of sp³-hybridized carbons (Fsp3) is 0.714. The fourth-order valence-corrected chi connectivity index (χ4v) is 6.61. The average Bonchev–Trinajstić information content (AvgIpc) is 3.37. The van der Waals surface area contributed by atoms with Crippen LogP contribution in [-0.4, -0.2) is 59.2 Å². The molecule has 0 amide bonds. The lowest BCUT2D eigenvalue weighted by atomic mass is 9.48. The Balaban J connectivity index is 1.56. The molecule has 3 aliphatic carbocycles.